The summed E-state index contributed by atoms with van der Waals surface area (Å²) in [6.07, 6.45) is 3.16. The summed E-state index contributed by atoms with van der Waals surface area (Å²) < 4.78 is 0. The molecule has 0 radical (unpaired) electrons. The molecule has 46 valence electrons. The molecule has 0 saturated heterocycles. The minimum absolute atomic E-state index is 0.0750. The van der Waals surface area contributed by atoms with Gasteiger partial charge in [0.25, 0.3) is 0 Å². The van der Waals surface area contributed by atoms with Crippen LogP contribution < -0.4 is 11.1 Å². The summed E-state index contributed by atoms with van der Waals surface area (Å²) in [6.45, 7) is 2.84. The van der Waals surface area contributed by atoms with Gasteiger partial charge in [-0.1, -0.05) is 0 Å². The van der Waals surface area contributed by atoms with Gasteiger partial charge in [-0.25, -0.2) is 0 Å². The number of nitrogens with one attached hydrogen (secondary N) is 2. The Morgan fingerprint density at radius 3 is 2.88 bits per heavy atom. The Hall–Kier alpha value is -0.990. The van der Waals surface area contributed by atoms with Crippen LogP contribution in [0, 0.1) is 5.41 Å². The molecule has 0 saturated carbocycles. The highest BCUT2D eigenvalue weighted by Gasteiger charge is 1.71. The molecule has 4 N–H and O–H groups in total. The Bertz CT molecular complexity index is 95.8. The third-order valence-electron chi connectivity index (χ3n) is 0.585. The maximum absolute atomic E-state index is 6.72. The normalized spacial score (nSPS) is 9.62. The lowest BCUT2D eigenvalue weighted by Gasteiger charge is -1.88. The lowest BCUT2D eigenvalue weighted by atomic mass is 10.5. The predicted octanol–water partition coefficient (Wildman–Crippen LogP) is 0.0456. The van der Waals surface area contributed by atoms with E-state index in [0.29, 0.717) is 0 Å². The molecule has 0 aromatic rings. The predicted molar refractivity (Wildman–Crippen MR) is 34.7 cm³/mol. The molecular weight excluding hydrogens is 102 g/mol. The van der Waals surface area contributed by atoms with Gasteiger partial charge in [-0.3, -0.25) is 5.41 Å². The van der Waals surface area contributed by atoms with E-state index in [9.17, 15) is 0 Å². The maximum atomic E-state index is 6.72. The largest absolute Gasteiger partial charge is 0.391 e. The van der Waals surface area contributed by atoms with Gasteiger partial charge in [-0.2, -0.15) is 0 Å². The van der Waals surface area contributed by atoms with Crippen LogP contribution in [-0.2, 0) is 0 Å². The highest BCUT2D eigenvalue weighted by atomic mass is 14.8. The minimum atomic E-state index is 0.0750. The van der Waals surface area contributed by atoms with Crippen molar-refractivity contribution in [3.63, 3.8) is 0 Å². The van der Waals surface area contributed by atoms with Crippen molar-refractivity contribution >= 4 is 5.84 Å². The van der Waals surface area contributed by atoms with E-state index in [1.165, 1.54) is 6.08 Å². The minimum Gasteiger partial charge on any atom is -0.391 e. The van der Waals surface area contributed by atoms with Crippen molar-refractivity contribution in [2.75, 3.05) is 6.54 Å². The van der Waals surface area contributed by atoms with E-state index in [0.717, 1.165) is 6.54 Å². The SMILES string of the molecule is CCN/C=C\C(=N)N. The molecule has 8 heavy (non-hydrogen) atoms. The average molecular weight is 113 g/mol. The molecule has 0 spiro atoms. The summed E-state index contributed by atoms with van der Waals surface area (Å²) in [5.41, 5.74) is 4.99. The van der Waals surface area contributed by atoms with Gasteiger partial charge in [-0.15, -0.1) is 0 Å². The highest BCUT2D eigenvalue weighted by molar-refractivity contribution is 5.88. The molecule has 0 aliphatic carbocycles. The molecule has 3 nitrogen and oxygen atoms in total. The Morgan fingerprint density at radius 2 is 2.50 bits per heavy atom. The molecular formula is C5H11N3. The second-order valence-corrected chi connectivity index (χ2v) is 1.35. The summed E-state index contributed by atoms with van der Waals surface area (Å²) >= 11 is 0. The number of amidine groups is 1. The van der Waals surface area contributed by atoms with Crippen LogP contribution in [0.25, 0.3) is 0 Å². The van der Waals surface area contributed by atoms with Gasteiger partial charge in [0.15, 0.2) is 0 Å². The third-order valence-corrected chi connectivity index (χ3v) is 0.585. The number of rotatable bonds is 3. The van der Waals surface area contributed by atoms with Crippen molar-refractivity contribution in [2.24, 2.45) is 5.73 Å². The van der Waals surface area contributed by atoms with Gasteiger partial charge in [0.2, 0.25) is 0 Å². The van der Waals surface area contributed by atoms with Crippen molar-refractivity contribution in [3.05, 3.63) is 12.3 Å². The van der Waals surface area contributed by atoms with Crippen LogP contribution in [0.2, 0.25) is 0 Å². The Labute approximate surface area is 49.1 Å². The Balaban J connectivity index is 3.20. The number of hydrogen-bond donors (Lipinski definition) is 3. The van der Waals surface area contributed by atoms with E-state index in [4.69, 9.17) is 11.1 Å². The van der Waals surface area contributed by atoms with Crippen LogP contribution in [0.5, 0.6) is 0 Å². The summed E-state index contributed by atoms with van der Waals surface area (Å²) in [5.74, 6) is 0.0750. The van der Waals surface area contributed by atoms with Crippen LogP contribution in [0.4, 0.5) is 0 Å². The standard InChI is InChI=1S/C5H11N3/c1-2-8-4-3-5(6)7/h3-4,8H,2H2,1H3,(H3,6,7)/b4-3-. The van der Waals surface area contributed by atoms with Crippen molar-refractivity contribution in [1.29, 1.82) is 5.41 Å². The van der Waals surface area contributed by atoms with E-state index in [-0.39, 0.29) is 5.84 Å². The molecule has 0 aliphatic rings. The van der Waals surface area contributed by atoms with E-state index in [2.05, 4.69) is 5.32 Å². The molecule has 0 heterocycles. The van der Waals surface area contributed by atoms with E-state index in [1.54, 1.807) is 6.20 Å². The first-order valence-electron chi connectivity index (χ1n) is 2.51. The molecule has 0 amide bonds. The van der Waals surface area contributed by atoms with Crippen molar-refractivity contribution in [2.45, 2.75) is 6.92 Å². The number of nitrogens with two attached hydrogens (primary N) is 1. The van der Waals surface area contributed by atoms with Gasteiger partial charge in [0.1, 0.15) is 5.84 Å². The van der Waals surface area contributed by atoms with Gasteiger partial charge < -0.3 is 11.1 Å². The maximum Gasteiger partial charge on any atom is 0.116 e. The quantitative estimate of drug-likeness (QED) is 0.357. The summed E-state index contributed by atoms with van der Waals surface area (Å²) in [7, 11) is 0. The van der Waals surface area contributed by atoms with E-state index < -0.39 is 0 Å². The molecule has 0 fully saturated rings. The number of hydrogen-bond acceptors (Lipinski definition) is 2. The zero-order valence-electron chi connectivity index (χ0n) is 4.94. The van der Waals surface area contributed by atoms with Crippen LogP contribution in [0.3, 0.4) is 0 Å². The molecule has 0 aromatic carbocycles. The third kappa shape index (κ3) is 5.01. The van der Waals surface area contributed by atoms with Crippen molar-refractivity contribution in [1.82, 2.24) is 5.32 Å². The summed E-state index contributed by atoms with van der Waals surface area (Å²) in [4.78, 5) is 0. The van der Waals surface area contributed by atoms with Gasteiger partial charge in [-0.05, 0) is 13.0 Å². The zero-order valence-corrected chi connectivity index (χ0v) is 4.94. The van der Waals surface area contributed by atoms with E-state index >= 15 is 0 Å². The fourth-order valence-electron chi connectivity index (χ4n) is 0.267. The van der Waals surface area contributed by atoms with Crippen LogP contribution in [-0.4, -0.2) is 12.4 Å². The fourth-order valence-corrected chi connectivity index (χ4v) is 0.267. The van der Waals surface area contributed by atoms with Crippen LogP contribution >= 0.6 is 0 Å². The van der Waals surface area contributed by atoms with Gasteiger partial charge >= 0.3 is 0 Å². The molecule has 0 rings (SSSR count). The second kappa shape index (κ2) is 4.18. The monoisotopic (exact) mass is 113 g/mol. The van der Waals surface area contributed by atoms with Gasteiger partial charge in [0, 0.05) is 12.7 Å². The first-order chi connectivity index (χ1) is 3.77. The molecule has 0 atom stereocenters. The van der Waals surface area contributed by atoms with Crippen LogP contribution in [0.15, 0.2) is 12.3 Å². The zero-order chi connectivity index (χ0) is 6.41. The first-order valence-corrected chi connectivity index (χ1v) is 2.51. The second-order valence-electron chi connectivity index (χ2n) is 1.35. The summed E-state index contributed by atoms with van der Waals surface area (Å²) in [5, 5.41) is 9.60. The lowest BCUT2D eigenvalue weighted by Crippen LogP contribution is -2.08. The molecule has 3 heteroatoms. The van der Waals surface area contributed by atoms with Crippen molar-refractivity contribution < 1.29 is 0 Å². The van der Waals surface area contributed by atoms with Gasteiger partial charge in [0.05, 0.1) is 0 Å². The lowest BCUT2D eigenvalue weighted by molar-refractivity contribution is 0.920. The Kier molecular flexibility index (Phi) is 3.66. The summed E-state index contributed by atoms with van der Waals surface area (Å²) in [6, 6.07) is 0. The average Bonchev–Trinajstić information content (AvgIpc) is 1.66. The first kappa shape index (κ1) is 7.01. The topological polar surface area (TPSA) is 61.9 Å². The fraction of sp³-hybridized carbons (Fsp3) is 0.400. The molecule has 0 bridgehead atoms. The van der Waals surface area contributed by atoms with Crippen LogP contribution in [0.1, 0.15) is 6.92 Å². The van der Waals surface area contributed by atoms with E-state index in [1.807, 2.05) is 6.92 Å². The molecule has 0 aliphatic heterocycles. The highest BCUT2D eigenvalue weighted by Crippen LogP contribution is 1.63. The Morgan fingerprint density at radius 1 is 1.88 bits per heavy atom. The smallest absolute Gasteiger partial charge is 0.116 e. The van der Waals surface area contributed by atoms with Crippen molar-refractivity contribution in [3.8, 4) is 0 Å². The molecule has 0 aromatic heterocycles. The molecule has 0 unspecified atom stereocenters.